The van der Waals surface area contributed by atoms with Crippen LogP contribution in [0.1, 0.15) is 31.1 Å². The predicted molar refractivity (Wildman–Crippen MR) is 79.0 cm³/mol. The number of phenols is 1. The van der Waals surface area contributed by atoms with Crippen molar-refractivity contribution in [2.45, 2.75) is 26.4 Å². The van der Waals surface area contributed by atoms with Crippen LogP contribution in [-0.4, -0.2) is 29.7 Å². The number of hydrogen-bond donors (Lipinski definition) is 2. The van der Waals surface area contributed by atoms with E-state index in [0.29, 0.717) is 0 Å². The van der Waals surface area contributed by atoms with Crippen LogP contribution in [0.25, 0.3) is 0 Å². The van der Waals surface area contributed by atoms with Gasteiger partial charge in [-0.25, -0.2) is 4.79 Å². The fraction of sp³-hybridized carbons (Fsp3) is 0.333. The second-order valence-electron chi connectivity index (χ2n) is 5.27. The van der Waals surface area contributed by atoms with Gasteiger partial charge in [-0.2, -0.15) is 0 Å². The molecule has 0 bridgehead atoms. The Hall–Kier alpha value is -2.50. The number of rotatable bonds is 4. The molecule has 1 amide bonds. The smallest absolute Gasteiger partial charge is 0.412 e. The number of methoxy groups -OCH3 is 1. The van der Waals surface area contributed by atoms with E-state index in [4.69, 9.17) is 9.47 Å². The Morgan fingerprint density at radius 2 is 1.95 bits per heavy atom. The maximum atomic E-state index is 11.7. The number of ketones is 1. The summed E-state index contributed by atoms with van der Waals surface area (Å²) >= 11 is 0. The number of aromatic hydroxyl groups is 1. The summed E-state index contributed by atoms with van der Waals surface area (Å²) in [4.78, 5) is 23.4. The van der Waals surface area contributed by atoms with E-state index in [9.17, 15) is 14.7 Å². The standard InChI is InChI=1S/C15H19NO5/c1-6-11(17)9-7-10(13(18)12(8-9)20-5)16-14(19)21-15(2,3)4/h6-8,18H,1H2,2-5H3,(H,16,19). The number of allylic oxidation sites excluding steroid dienone is 1. The van der Waals surface area contributed by atoms with Gasteiger partial charge in [-0.1, -0.05) is 6.58 Å². The van der Waals surface area contributed by atoms with Gasteiger partial charge in [0.15, 0.2) is 17.3 Å². The molecule has 114 valence electrons. The van der Waals surface area contributed by atoms with Crippen LogP contribution in [0.15, 0.2) is 24.8 Å². The Kier molecular flexibility index (Phi) is 4.97. The molecule has 6 heteroatoms. The molecule has 0 saturated carbocycles. The summed E-state index contributed by atoms with van der Waals surface area (Å²) in [7, 11) is 1.34. The molecule has 0 heterocycles. The summed E-state index contributed by atoms with van der Waals surface area (Å²) in [5.41, 5.74) is -0.433. The van der Waals surface area contributed by atoms with Crippen molar-refractivity contribution in [3.8, 4) is 11.5 Å². The van der Waals surface area contributed by atoms with Crippen LogP contribution in [0.5, 0.6) is 11.5 Å². The molecule has 21 heavy (non-hydrogen) atoms. The van der Waals surface area contributed by atoms with E-state index in [2.05, 4.69) is 11.9 Å². The zero-order valence-electron chi connectivity index (χ0n) is 12.5. The SMILES string of the molecule is C=CC(=O)c1cc(NC(=O)OC(C)(C)C)c(O)c(OC)c1. The number of anilines is 1. The molecule has 0 radical (unpaired) electrons. The van der Waals surface area contributed by atoms with Crippen LogP contribution in [0.4, 0.5) is 10.5 Å². The molecule has 0 spiro atoms. The molecule has 1 rings (SSSR count). The molecule has 1 aromatic carbocycles. The summed E-state index contributed by atoms with van der Waals surface area (Å²) in [6.45, 7) is 8.53. The first-order valence-electron chi connectivity index (χ1n) is 6.25. The van der Waals surface area contributed by atoms with Crippen molar-refractivity contribution in [1.29, 1.82) is 0 Å². The number of nitrogens with one attached hydrogen (secondary N) is 1. The third-order valence-electron chi connectivity index (χ3n) is 2.40. The highest BCUT2D eigenvalue weighted by Crippen LogP contribution is 2.36. The number of hydrogen-bond acceptors (Lipinski definition) is 5. The molecule has 2 N–H and O–H groups in total. The molecule has 1 aromatic rings. The number of ether oxygens (including phenoxy) is 2. The lowest BCUT2D eigenvalue weighted by Crippen LogP contribution is -2.27. The molecule has 0 fully saturated rings. The average Bonchev–Trinajstić information content (AvgIpc) is 2.37. The van der Waals surface area contributed by atoms with E-state index in [1.54, 1.807) is 20.8 Å². The van der Waals surface area contributed by atoms with Crippen LogP contribution in [-0.2, 0) is 4.74 Å². The van der Waals surface area contributed by atoms with Gasteiger partial charge in [-0.05, 0) is 39.0 Å². The number of carbonyl (C=O) groups excluding carboxylic acids is 2. The van der Waals surface area contributed by atoms with Gasteiger partial charge < -0.3 is 14.6 Å². The summed E-state index contributed by atoms with van der Waals surface area (Å²) in [5.74, 6) is -0.585. The minimum atomic E-state index is -0.747. The average molecular weight is 293 g/mol. The second kappa shape index (κ2) is 6.30. The number of benzene rings is 1. The number of carbonyl (C=O) groups is 2. The number of phenolic OH excluding ortho intramolecular Hbond substituents is 1. The van der Waals surface area contributed by atoms with Gasteiger partial charge in [0.1, 0.15) is 5.60 Å². The van der Waals surface area contributed by atoms with Gasteiger partial charge in [-0.15, -0.1) is 0 Å². The predicted octanol–water partition coefficient (Wildman–Crippen LogP) is 3.12. The first kappa shape index (κ1) is 16.6. The third kappa shape index (κ3) is 4.52. The third-order valence-corrected chi connectivity index (χ3v) is 2.40. The van der Waals surface area contributed by atoms with E-state index >= 15 is 0 Å². The fourth-order valence-electron chi connectivity index (χ4n) is 1.53. The maximum absolute atomic E-state index is 11.7. The minimum absolute atomic E-state index is 0.0220. The highest BCUT2D eigenvalue weighted by molar-refractivity contribution is 6.06. The van der Waals surface area contributed by atoms with E-state index in [-0.39, 0.29) is 28.5 Å². The minimum Gasteiger partial charge on any atom is -0.503 e. The molecule has 0 atom stereocenters. The van der Waals surface area contributed by atoms with Crippen molar-refractivity contribution in [3.05, 3.63) is 30.4 Å². The Bertz CT molecular complexity index is 572. The van der Waals surface area contributed by atoms with E-state index < -0.39 is 11.7 Å². The molecule has 0 aliphatic carbocycles. The van der Waals surface area contributed by atoms with Gasteiger partial charge in [0.05, 0.1) is 12.8 Å². The zero-order valence-corrected chi connectivity index (χ0v) is 12.5. The molecule has 0 aliphatic rings. The van der Waals surface area contributed by atoms with Crippen LogP contribution in [0, 0.1) is 0 Å². The molecule has 0 aliphatic heterocycles. The lowest BCUT2D eigenvalue weighted by molar-refractivity contribution is 0.0635. The summed E-state index contributed by atoms with van der Waals surface area (Å²) in [5, 5.41) is 12.4. The topological polar surface area (TPSA) is 84.9 Å². The Balaban J connectivity index is 3.13. The Morgan fingerprint density at radius 3 is 2.43 bits per heavy atom. The van der Waals surface area contributed by atoms with Crippen molar-refractivity contribution in [2.24, 2.45) is 0 Å². The van der Waals surface area contributed by atoms with Crippen LogP contribution in [0.3, 0.4) is 0 Å². The largest absolute Gasteiger partial charge is 0.503 e. The quantitative estimate of drug-likeness (QED) is 0.506. The van der Waals surface area contributed by atoms with Gasteiger partial charge >= 0.3 is 6.09 Å². The van der Waals surface area contributed by atoms with E-state index in [0.717, 1.165) is 6.08 Å². The summed E-state index contributed by atoms with van der Waals surface area (Å²) in [6, 6.07) is 2.69. The molecule has 6 nitrogen and oxygen atoms in total. The zero-order chi connectivity index (χ0) is 16.2. The van der Waals surface area contributed by atoms with Crippen molar-refractivity contribution < 1.29 is 24.2 Å². The van der Waals surface area contributed by atoms with Crippen molar-refractivity contribution in [2.75, 3.05) is 12.4 Å². The van der Waals surface area contributed by atoms with Crippen molar-refractivity contribution in [3.63, 3.8) is 0 Å². The molecular formula is C15H19NO5. The molecule has 0 aromatic heterocycles. The fourth-order valence-corrected chi connectivity index (χ4v) is 1.53. The van der Waals surface area contributed by atoms with Crippen molar-refractivity contribution >= 4 is 17.6 Å². The van der Waals surface area contributed by atoms with Gasteiger partial charge in [0.25, 0.3) is 0 Å². The second-order valence-corrected chi connectivity index (χ2v) is 5.27. The lowest BCUT2D eigenvalue weighted by Gasteiger charge is -2.20. The van der Waals surface area contributed by atoms with Gasteiger partial charge in [0, 0.05) is 5.56 Å². The molecular weight excluding hydrogens is 274 g/mol. The van der Waals surface area contributed by atoms with Crippen molar-refractivity contribution in [1.82, 2.24) is 0 Å². The monoisotopic (exact) mass is 293 g/mol. The first-order valence-corrected chi connectivity index (χ1v) is 6.25. The van der Waals surface area contributed by atoms with Gasteiger partial charge in [-0.3, -0.25) is 10.1 Å². The van der Waals surface area contributed by atoms with Crippen LogP contribution in [0.2, 0.25) is 0 Å². The summed E-state index contributed by atoms with van der Waals surface area (Å²) in [6.07, 6.45) is 0.381. The Labute approximate surface area is 123 Å². The van der Waals surface area contributed by atoms with E-state index in [1.807, 2.05) is 0 Å². The normalized spacial score (nSPS) is 10.7. The molecule has 0 unspecified atom stereocenters. The molecule has 0 saturated heterocycles. The highest BCUT2D eigenvalue weighted by Gasteiger charge is 2.20. The van der Waals surface area contributed by atoms with Crippen LogP contribution >= 0.6 is 0 Å². The summed E-state index contributed by atoms with van der Waals surface area (Å²) < 4.78 is 10.1. The maximum Gasteiger partial charge on any atom is 0.412 e. The highest BCUT2D eigenvalue weighted by atomic mass is 16.6. The lowest BCUT2D eigenvalue weighted by atomic mass is 10.1. The first-order chi connectivity index (χ1) is 9.67. The van der Waals surface area contributed by atoms with Crippen LogP contribution < -0.4 is 10.1 Å². The number of amides is 1. The van der Waals surface area contributed by atoms with Gasteiger partial charge in [0.2, 0.25) is 0 Å². The van der Waals surface area contributed by atoms with E-state index in [1.165, 1.54) is 19.2 Å². The Morgan fingerprint density at radius 1 is 1.33 bits per heavy atom.